The summed E-state index contributed by atoms with van der Waals surface area (Å²) < 4.78 is 34.0. The van der Waals surface area contributed by atoms with Gasteiger partial charge in [-0.2, -0.15) is 0 Å². The molecule has 1 aliphatic heterocycles. The van der Waals surface area contributed by atoms with Gasteiger partial charge in [-0.15, -0.1) is 0 Å². The second-order valence-electron chi connectivity index (χ2n) is 8.25. The number of pyridine rings is 1. The average Bonchev–Trinajstić information content (AvgIpc) is 3.46. The molecule has 10 heteroatoms. The molecule has 1 aromatic carbocycles. The Balaban J connectivity index is 1.57. The zero-order valence-corrected chi connectivity index (χ0v) is 19.5. The van der Waals surface area contributed by atoms with Crippen LogP contribution < -0.4 is 20.9 Å². The number of anilines is 2. The first kappa shape index (κ1) is 22.5. The summed E-state index contributed by atoms with van der Waals surface area (Å²) in [5.41, 5.74) is 2.31. The first-order chi connectivity index (χ1) is 14.7. The fourth-order valence-corrected chi connectivity index (χ4v) is 4.54. The average molecular weight is 517 g/mol. The minimum atomic E-state index is -2.67. The van der Waals surface area contributed by atoms with E-state index in [1.165, 1.54) is 24.0 Å². The molecule has 1 aromatic heterocycles. The van der Waals surface area contributed by atoms with Crippen LogP contribution in [-0.2, 0) is 6.54 Å². The number of hydrazine groups is 1. The third-order valence-electron chi connectivity index (χ3n) is 5.45. The number of nitrogens with two attached hydrogens (primary N) is 1. The lowest BCUT2D eigenvalue weighted by atomic mass is 10.2. The van der Waals surface area contributed by atoms with E-state index in [2.05, 4.69) is 26.2 Å². The summed E-state index contributed by atoms with van der Waals surface area (Å²) >= 11 is 9.72. The fourth-order valence-electron chi connectivity index (χ4n) is 3.65. The van der Waals surface area contributed by atoms with Crippen LogP contribution in [0.3, 0.4) is 0 Å². The number of alkyl halides is 2. The van der Waals surface area contributed by atoms with Gasteiger partial charge >= 0.3 is 0 Å². The van der Waals surface area contributed by atoms with Gasteiger partial charge in [0.2, 0.25) is 5.88 Å². The number of hydrogen-bond donors (Lipinski definition) is 2. The highest BCUT2D eigenvalue weighted by molar-refractivity contribution is 9.10. The molecule has 6 nitrogen and oxygen atoms in total. The molecule has 0 unspecified atom stereocenters. The molecule has 0 bridgehead atoms. The first-order valence-corrected chi connectivity index (χ1v) is 11.4. The zero-order chi connectivity index (χ0) is 22.2. The monoisotopic (exact) mass is 515 g/mol. The van der Waals surface area contributed by atoms with E-state index in [0.717, 1.165) is 17.9 Å². The molecular weight excluding hydrogens is 492 g/mol. The minimum absolute atomic E-state index is 0.149. The summed E-state index contributed by atoms with van der Waals surface area (Å²) in [4.78, 5) is 5.99. The summed E-state index contributed by atoms with van der Waals surface area (Å²) in [5.74, 6) is 4.97. The zero-order valence-electron chi connectivity index (χ0n) is 17.2. The Morgan fingerprint density at radius 3 is 2.84 bits per heavy atom. The highest BCUT2D eigenvalue weighted by Gasteiger charge is 2.38. The molecule has 2 aromatic rings. The lowest BCUT2D eigenvalue weighted by Crippen LogP contribution is -2.27. The summed E-state index contributed by atoms with van der Waals surface area (Å²) in [6.45, 7) is 1.20. The quantitative estimate of drug-likeness (QED) is 0.368. The van der Waals surface area contributed by atoms with Gasteiger partial charge in [0.05, 0.1) is 27.4 Å². The molecule has 168 valence electrons. The van der Waals surface area contributed by atoms with Crippen molar-refractivity contribution < 1.29 is 13.5 Å². The van der Waals surface area contributed by atoms with Crippen LogP contribution in [0.5, 0.6) is 11.6 Å². The minimum Gasteiger partial charge on any atom is -0.437 e. The highest BCUT2D eigenvalue weighted by Crippen LogP contribution is 2.42. The van der Waals surface area contributed by atoms with Gasteiger partial charge in [0, 0.05) is 44.9 Å². The molecule has 2 heterocycles. The van der Waals surface area contributed by atoms with Gasteiger partial charge in [0.1, 0.15) is 5.75 Å². The molecule has 3 N–H and O–H groups in total. The second-order valence-corrected chi connectivity index (χ2v) is 9.47. The number of nitrogens with zero attached hydrogens (tertiary/aromatic N) is 3. The van der Waals surface area contributed by atoms with Crippen LogP contribution in [-0.4, -0.2) is 42.5 Å². The smallest absolute Gasteiger partial charge is 0.261 e. The topological polar surface area (TPSA) is 66.6 Å². The van der Waals surface area contributed by atoms with Crippen molar-refractivity contribution in [3.63, 3.8) is 0 Å². The van der Waals surface area contributed by atoms with E-state index < -0.39 is 5.92 Å². The van der Waals surface area contributed by atoms with Crippen molar-refractivity contribution in [1.29, 1.82) is 0 Å². The summed E-state index contributed by atoms with van der Waals surface area (Å²) in [7, 11) is 1.76. The Kier molecular flexibility index (Phi) is 6.57. The van der Waals surface area contributed by atoms with Gasteiger partial charge in [0.15, 0.2) is 0 Å². The van der Waals surface area contributed by atoms with Crippen molar-refractivity contribution in [2.24, 2.45) is 11.8 Å². The predicted octanol–water partition coefficient (Wildman–Crippen LogP) is 5.26. The van der Waals surface area contributed by atoms with Crippen molar-refractivity contribution in [2.45, 2.75) is 31.7 Å². The Morgan fingerprint density at radius 1 is 1.42 bits per heavy atom. The van der Waals surface area contributed by atoms with E-state index in [1.54, 1.807) is 18.0 Å². The number of hydrogen-bond acceptors (Lipinski definition) is 6. The summed E-state index contributed by atoms with van der Waals surface area (Å²) in [6.07, 6.45) is 3.83. The standard InChI is InChI=1S/C21H25BrClF2N5O/c1-29(26)19-16(27-9-13-2-3-13)4-5-17(18(19)22)31-20-14(8-15(23)10-28-20)11-30-7-6-21(24,25)12-30/h4-5,8,10,13,27H,2-3,6-7,9,11-12,26H2,1H3. The maximum Gasteiger partial charge on any atom is 0.261 e. The van der Waals surface area contributed by atoms with Crippen molar-refractivity contribution in [2.75, 3.05) is 37.0 Å². The third-order valence-corrected chi connectivity index (χ3v) is 6.43. The molecule has 1 saturated carbocycles. The molecule has 1 aliphatic carbocycles. The van der Waals surface area contributed by atoms with Gasteiger partial charge in [-0.25, -0.2) is 19.6 Å². The van der Waals surface area contributed by atoms with Crippen LogP contribution in [0.15, 0.2) is 28.9 Å². The molecule has 31 heavy (non-hydrogen) atoms. The Morgan fingerprint density at radius 2 is 2.19 bits per heavy atom. The van der Waals surface area contributed by atoms with Crippen LogP contribution in [0.25, 0.3) is 0 Å². The van der Waals surface area contributed by atoms with Gasteiger partial charge < -0.3 is 15.1 Å². The largest absolute Gasteiger partial charge is 0.437 e. The van der Waals surface area contributed by atoms with Gasteiger partial charge in [-0.05, 0) is 52.9 Å². The number of rotatable bonds is 8. The second kappa shape index (κ2) is 9.05. The van der Waals surface area contributed by atoms with E-state index in [-0.39, 0.29) is 19.5 Å². The number of nitrogens with one attached hydrogen (secondary N) is 1. The Bertz CT molecular complexity index is 958. The summed E-state index contributed by atoms with van der Waals surface area (Å²) in [6, 6.07) is 5.45. The van der Waals surface area contributed by atoms with Crippen molar-refractivity contribution >= 4 is 38.9 Å². The number of ether oxygens (including phenoxy) is 1. The molecule has 1 saturated heterocycles. The molecule has 4 rings (SSSR count). The molecule has 2 fully saturated rings. The maximum atomic E-state index is 13.6. The van der Waals surface area contributed by atoms with Crippen molar-refractivity contribution in [1.82, 2.24) is 9.88 Å². The van der Waals surface area contributed by atoms with Crippen LogP contribution in [0, 0.1) is 5.92 Å². The fraction of sp³-hybridized carbons (Fsp3) is 0.476. The van der Waals surface area contributed by atoms with E-state index in [4.69, 9.17) is 22.2 Å². The normalized spacial score (nSPS) is 18.3. The first-order valence-electron chi connectivity index (χ1n) is 10.2. The number of aromatic nitrogens is 1. The number of halogens is 4. The number of likely N-dealkylation sites (tertiary alicyclic amines) is 1. The summed E-state index contributed by atoms with van der Waals surface area (Å²) in [5, 5.41) is 5.39. The van der Waals surface area contributed by atoms with Gasteiger partial charge in [0.25, 0.3) is 5.92 Å². The van der Waals surface area contributed by atoms with Crippen LogP contribution in [0.4, 0.5) is 20.2 Å². The highest BCUT2D eigenvalue weighted by atomic mass is 79.9. The van der Waals surface area contributed by atoms with Gasteiger partial charge in [-0.1, -0.05) is 11.6 Å². The molecule has 0 amide bonds. The van der Waals surface area contributed by atoms with Crippen molar-refractivity contribution in [3.8, 4) is 11.6 Å². The van der Waals surface area contributed by atoms with Gasteiger partial charge in [-0.3, -0.25) is 4.90 Å². The molecule has 0 atom stereocenters. The van der Waals surface area contributed by atoms with Crippen LogP contribution in [0.2, 0.25) is 5.02 Å². The molecule has 0 radical (unpaired) electrons. The van der Waals surface area contributed by atoms with E-state index in [9.17, 15) is 8.78 Å². The Hall–Kier alpha value is -1.68. The SMILES string of the molecule is CN(N)c1c(NCC2CC2)ccc(Oc2ncc(Cl)cc2CN2CCC(F)(F)C2)c1Br. The third kappa shape index (κ3) is 5.58. The van der Waals surface area contributed by atoms with Crippen LogP contribution in [0.1, 0.15) is 24.8 Å². The predicted molar refractivity (Wildman–Crippen MR) is 122 cm³/mol. The van der Waals surface area contributed by atoms with Crippen LogP contribution >= 0.6 is 27.5 Å². The van der Waals surface area contributed by atoms with E-state index >= 15 is 0 Å². The molecule has 0 spiro atoms. The lowest BCUT2D eigenvalue weighted by Gasteiger charge is -2.22. The molecule has 2 aliphatic rings. The number of benzene rings is 1. The van der Waals surface area contributed by atoms with E-state index in [0.29, 0.717) is 39.2 Å². The Labute approximate surface area is 193 Å². The van der Waals surface area contributed by atoms with Crippen molar-refractivity contribution in [3.05, 3.63) is 39.5 Å². The van der Waals surface area contributed by atoms with E-state index in [1.807, 2.05) is 12.1 Å². The maximum absolute atomic E-state index is 13.6. The lowest BCUT2D eigenvalue weighted by molar-refractivity contribution is 0.0114. The molecular formula is C21H25BrClF2N5O.